The summed E-state index contributed by atoms with van der Waals surface area (Å²) in [6, 6.07) is 15.9. The van der Waals surface area contributed by atoms with Gasteiger partial charge in [0.25, 0.3) is 0 Å². The van der Waals surface area contributed by atoms with Gasteiger partial charge in [-0.1, -0.05) is 30.3 Å². The Balaban J connectivity index is 1.64. The molecular weight excluding hydrogens is 423 g/mol. The second-order valence-corrected chi connectivity index (χ2v) is 7.38. The van der Waals surface area contributed by atoms with E-state index in [9.17, 15) is 14.0 Å². The molecule has 0 aliphatic heterocycles. The van der Waals surface area contributed by atoms with Gasteiger partial charge in [0, 0.05) is 28.9 Å². The van der Waals surface area contributed by atoms with E-state index in [1.807, 2.05) is 36.4 Å². The molecule has 4 rings (SSSR count). The number of amides is 2. The van der Waals surface area contributed by atoms with Gasteiger partial charge in [-0.15, -0.1) is 0 Å². The molecule has 8 heteroatoms. The van der Waals surface area contributed by atoms with Crippen molar-refractivity contribution in [1.29, 1.82) is 0 Å². The number of nitrogens with zero attached hydrogens (tertiary/aromatic N) is 1. The summed E-state index contributed by atoms with van der Waals surface area (Å²) in [5.74, 6) is -0.843. The molecule has 0 saturated carbocycles. The average molecular weight is 446 g/mol. The number of halogens is 1. The van der Waals surface area contributed by atoms with Crippen LogP contribution in [0.4, 0.5) is 14.9 Å². The Kier molecular flexibility index (Phi) is 6.64. The number of ether oxygens (including phenoxy) is 1. The van der Waals surface area contributed by atoms with Crippen LogP contribution < -0.4 is 10.6 Å². The number of fused-ring (bicyclic) bond motifs is 1. The number of aromatic amines is 1. The van der Waals surface area contributed by atoms with Crippen molar-refractivity contribution in [2.24, 2.45) is 0 Å². The monoisotopic (exact) mass is 446 g/mol. The molecule has 3 N–H and O–H groups in total. The number of hydrogen-bond donors (Lipinski definition) is 3. The van der Waals surface area contributed by atoms with Crippen molar-refractivity contribution in [3.8, 4) is 11.3 Å². The molecule has 2 heterocycles. The summed E-state index contributed by atoms with van der Waals surface area (Å²) in [4.78, 5) is 32.5. The highest BCUT2D eigenvalue weighted by molar-refractivity contribution is 6.07. The smallest absolute Gasteiger partial charge is 0.319 e. The van der Waals surface area contributed by atoms with Crippen LogP contribution in [0.25, 0.3) is 22.2 Å². The lowest BCUT2D eigenvalue weighted by atomic mass is 10.0. The van der Waals surface area contributed by atoms with Gasteiger partial charge < -0.3 is 20.4 Å². The highest BCUT2D eigenvalue weighted by Crippen LogP contribution is 2.35. The largest absolute Gasteiger partial charge is 0.466 e. The molecule has 0 bridgehead atoms. The molecule has 1 unspecified atom stereocenters. The van der Waals surface area contributed by atoms with Crippen LogP contribution in [0.5, 0.6) is 0 Å². The number of rotatable bonds is 7. The van der Waals surface area contributed by atoms with Crippen LogP contribution >= 0.6 is 0 Å². The first-order valence-electron chi connectivity index (χ1n) is 10.5. The third-order valence-corrected chi connectivity index (χ3v) is 5.13. The average Bonchev–Trinajstić information content (AvgIpc) is 3.17. The van der Waals surface area contributed by atoms with Crippen LogP contribution in [-0.2, 0) is 9.53 Å². The highest BCUT2D eigenvalue weighted by atomic mass is 19.1. The van der Waals surface area contributed by atoms with Crippen LogP contribution in [0.3, 0.4) is 0 Å². The van der Waals surface area contributed by atoms with Crippen LogP contribution in [0.1, 0.15) is 24.9 Å². The van der Waals surface area contributed by atoms with E-state index >= 15 is 0 Å². The summed E-state index contributed by atoms with van der Waals surface area (Å²) in [6.07, 6.45) is 3.27. The molecule has 1 atom stereocenters. The minimum Gasteiger partial charge on any atom is -0.466 e. The Labute approximate surface area is 190 Å². The SMILES string of the molecule is CCOC(=O)CC(NC(=O)Nc1c(-c2cccnc2)[nH]c2ccc(F)cc12)c1ccccc1. The molecule has 0 saturated heterocycles. The second-order valence-electron chi connectivity index (χ2n) is 7.38. The Hall–Kier alpha value is -4.20. The minimum absolute atomic E-state index is 0.0246. The second kappa shape index (κ2) is 9.95. The highest BCUT2D eigenvalue weighted by Gasteiger charge is 2.21. The lowest BCUT2D eigenvalue weighted by molar-refractivity contribution is -0.143. The molecule has 4 aromatic rings. The number of urea groups is 1. The maximum absolute atomic E-state index is 14.0. The fraction of sp³-hybridized carbons (Fsp3) is 0.160. The van der Waals surface area contributed by atoms with E-state index in [0.717, 1.165) is 11.1 Å². The number of pyridine rings is 1. The molecule has 0 radical (unpaired) electrons. The van der Waals surface area contributed by atoms with Gasteiger partial charge in [0.1, 0.15) is 5.82 Å². The van der Waals surface area contributed by atoms with Gasteiger partial charge in [-0.25, -0.2) is 9.18 Å². The number of nitrogens with one attached hydrogen (secondary N) is 3. The first kappa shape index (κ1) is 22.0. The molecule has 7 nitrogen and oxygen atoms in total. The van der Waals surface area contributed by atoms with E-state index in [1.54, 1.807) is 31.5 Å². The maximum atomic E-state index is 14.0. The fourth-order valence-corrected chi connectivity index (χ4v) is 3.65. The lowest BCUT2D eigenvalue weighted by Gasteiger charge is -2.19. The van der Waals surface area contributed by atoms with Gasteiger partial charge in [0.05, 0.1) is 30.5 Å². The number of carbonyl (C=O) groups is 2. The number of benzene rings is 2. The fourth-order valence-electron chi connectivity index (χ4n) is 3.65. The minimum atomic E-state index is -0.603. The van der Waals surface area contributed by atoms with Gasteiger partial charge in [0.2, 0.25) is 0 Å². The zero-order chi connectivity index (χ0) is 23.2. The van der Waals surface area contributed by atoms with E-state index < -0.39 is 23.9 Å². The predicted molar refractivity (Wildman–Crippen MR) is 124 cm³/mol. The van der Waals surface area contributed by atoms with Gasteiger partial charge >= 0.3 is 12.0 Å². The van der Waals surface area contributed by atoms with Gasteiger partial charge in [-0.2, -0.15) is 0 Å². The van der Waals surface area contributed by atoms with Crippen molar-refractivity contribution in [3.63, 3.8) is 0 Å². The summed E-state index contributed by atoms with van der Waals surface area (Å²) in [5.41, 5.74) is 3.17. The predicted octanol–water partition coefficient (Wildman–Crippen LogP) is 5.19. The number of H-pyrrole nitrogens is 1. The summed E-state index contributed by atoms with van der Waals surface area (Å²) < 4.78 is 19.1. The summed E-state index contributed by atoms with van der Waals surface area (Å²) in [6.45, 7) is 1.98. The molecule has 0 fully saturated rings. The number of aromatic nitrogens is 2. The maximum Gasteiger partial charge on any atom is 0.319 e. The molecule has 0 spiro atoms. The molecule has 0 aliphatic rings. The normalized spacial score (nSPS) is 11.7. The van der Waals surface area contributed by atoms with E-state index in [2.05, 4.69) is 20.6 Å². The van der Waals surface area contributed by atoms with E-state index in [0.29, 0.717) is 22.3 Å². The lowest BCUT2D eigenvalue weighted by Crippen LogP contribution is -2.34. The molecule has 0 aliphatic carbocycles. The van der Waals surface area contributed by atoms with Crippen molar-refractivity contribution in [3.05, 3.63) is 84.4 Å². The van der Waals surface area contributed by atoms with Crippen molar-refractivity contribution in [2.45, 2.75) is 19.4 Å². The number of carbonyl (C=O) groups excluding carboxylic acids is 2. The first-order valence-corrected chi connectivity index (χ1v) is 10.5. The molecular formula is C25H23FN4O3. The van der Waals surface area contributed by atoms with Gasteiger partial charge in [0.15, 0.2) is 0 Å². The Morgan fingerprint density at radius 3 is 2.67 bits per heavy atom. The van der Waals surface area contributed by atoms with Gasteiger partial charge in [-0.3, -0.25) is 9.78 Å². The van der Waals surface area contributed by atoms with Crippen molar-refractivity contribution >= 4 is 28.6 Å². The summed E-state index contributed by atoms with van der Waals surface area (Å²) >= 11 is 0. The first-order chi connectivity index (χ1) is 16.0. The zero-order valence-electron chi connectivity index (χ0n) is 18.0. The Morgan fingerprint density at radius 1 is 1.12 bits per heavy atom. The van der Waals surface area contributed by atoms with E-state index in [1.165, 1.54) is 12.1 Å². The van der Waals surface area contributed by atoms with E-state index in [-0.39, 0.29) is 13.0 Å². The number of hydrogen-bond acceptors (Lipinski definition) is 4. The topological polar surface area (TPSA) is 96.1 Å². The summed E-state index contributed by atoms with van der Waals surface area (Å²) in [5, 5.41) is 6.20. The van der Waals surface area contributed by atoms with Crippen LogP contribution in [0, 0.1) is 5.82 Å². The number of anilines is 1. The zero-order valence-corrected chi connectivity index (χ0v) is 18.0. The van der Waals surface area contributed by atoms with Crippen molar-refractivity contribution < 1.29 is 18.7 Å². The van der Waals surface area contributed by atoms with Gasteiger partial charge in [-0.05, 0) is 42.8 Å². The van der Waals surface area contributed by atoms with Crippen molar-refractivity contribution in [1.82, 2.24) is 15.3 Å². The Morgan fingerprint density at radius 2 is 1.94 bits per heavy atom. The Bertz CT molecular complexity index is 1260. The van der Waals surface area contributed by atoms with Crippen LogP contribution in [0.2, 0.25) is 0 Å². The standard InChI is InChI=1S/C25H23FN4O3/c1-2-33-22(31)14-21(16-7-4-3-5-8-16)29-25(32)30-24-19-13-18(26)10-11-20(19)28-23(24)17-9-6-12-27-15-17/h3-13,15,21,28H,2,14H2,1H3,(H2,29,30,32). The van der Waals surface area contributed by atoms with Crippen LogP contribution in [-0.4, -0.2) is 28.6 Å². The van der Waals surface area contributed by atoms with Crippen molar-refractivity contribution in [2.75, 3.05) is 11.9 Å². The molecule has 2 amide bonds. The van der Waals surface area contributed by atoms with E-state index in [4.69, 9.17) is 4.74 Å². The molecule has 2 aromatic carbocycles. The third-order valence-electron chi connectivity index (χ3n) is 5.13. The summed E-state index contributed by atoms with van der Waals surface area (Å²) in [7, 11) is 0. The molecule has 2 aromatic heterocycles. The molecule has 33 heavy (non-hydrogen) atoms. The molecule has 168 valence electrons. The quantitative estimate of drug-likeness (QED) is 0.341. The van der Waals surface area contributed by atoms with Crippen LogP contribution in [0.15, 0.2) is 73.1 Å². The third kappa shape index (κ3) is 5.17. The number of esters is 1.